The molecule has 1 amide bonds. The lowest BCUT2D eigenvalue weighted by Gasteiger charge is -2.14. The Morgan fingerprint density at radius 1 is 1.14 bits per heavy atom. The maximum atomic E-state index is 12.2. The van der Waals surface area contributed by atoms with Gasteiger partial charge in [0.05, 0.1) is 30.2 Å². The van der Waals surface area contributed by atoms with Gasteiger partial charge in [0.25, 0.3) is 0 Å². The van der Waals surface area contributed by atoms with Crippen molar-refractivity contribution in [3.63, 3.8) is 0 Å². The number of benzene rings is 2. The van der Waals surface area contributed by atoms with Gasteiger partial charge in [-0.2, -0.15) is 0 Å². The lowest BCUT2D eigenvalue weighted by molar-refractivity contribution is 0.159. The van der Waals surface area contributed by atoms with E-state index in [2.05, 4.69) is 15.6 Å². The molecule has 1 atom stereocenters. The Kier molecular flexibility index (Phi) is 6.06. The van der Waals surface area contributed by atoms with Crippen molar-refractivity contribution in [3.05, 3.63) is 59.9 Å². The summed E-state index contributed by atoms with van der Waals surface area (Å²) in [5.41, 5.74) is 4.75. The van der Waals surface area contributed by atoms with Crippen molar-refractivity contribution < 1.29 is 14.3 Å². The van der Waals surface area contributed by atoms with E-state index < -0.39 is 6.09 Å². The number of ether oxygens (including phenoxy) is 2. The van der Waals surface area contributed by atoms with Gasteiger partial charge in [-0.15, -0.1) is 5.10 Å². The molecule has 0 spiro atoms. The average molecular weight is 380 g/mol. The van der Waals surface area contributed by atoms with Gasteiger partial charge in [0.15, 0.2) is 0 Å². The van der Waals surface area contributed by atoms with E-state index in [1.54, 1.807) is 24.1 Å². The Labute approximate surface area is 164 Å². The van der Waals surface area contributed by atoms with E-state index >= 15 is 0 Å². The summed E-state index contributed by atoms with van der Waals surface area (Å²) in [6.45, 7) is 6.21. The number of aromatic nitrogens is 3. The molecule has 1 N–H and O–H groups in total. The van der Waals surface area contributed by atoms with E-state index in [0.29, 0.717) is 12.4 Å². The smallest absolute Gasteiger partial charge is 0.410 e. The fourth-order valence-corrected chi connectivity index (χ4v) is 2.85. The van der Waals surface area contributed by atoms with Crippen molar-refractivity contribution >= 4 is 6.09 Å². The summed E-state index contributed by atoms with van der Waals surface area (Å²) in [6, 6.07) is 13.6. The maximum absolute atomic E-state index is 12.2. The van der Waals surface area contributed by atoms with Crippen molar-refractivity contribution in [1.29, 1.82) is 0 Å². The molecule has 3 aromatic rings. The second kappa shape index (κ2) is 8.67. The van der Waals surface area contributed by atoms with Crippen molar-refractivity contribution in [2.24, 2.45) is 0 Å². The Morgan fingerprint density at radius 2 is 1.89 bits per heavy atom. The van der Waals surface area contributed by atoms with E-state index in [4.69, 9.17) is 9.47 Å². The molecule has 146 valence electrons. The molecule has 0 bridgehead atoms. The van der Waals surface area contributed by atoms with Crippen molar-refractivity contribution in [3.8, 4) is 22.6 Å². The number of aryl methyl sites for hydroxylation is 2. The highest BCUT2D eigenvalue weighted by molar-refractivity contribution is 5.74. The topological polar surface area (TPSA) is 78.3 Å². The largest absolute Gasteiger partial charge is 0.412 e. The molecular formula is C21H24N4O3. The molecular weight excluding hydrogens is 356 g/mol. The summed E-state index contributed by atoms with van der Waals surface area (Å²) in [5.74, 6) is 0.421. The van der Waals surface area contributed by atoms with Gasteiger partial charge in [-0.1, -0.05) is 35.0 Å². The van der Waals surface area contributed by atoms with Gasteiger partial charge in [0, 0.05) is 13.2 Å². The lowest BCUT2D eigenvalue weighted by atomic mass is 10.0. The molecule has 0 aliphatic rings. The summed E-state index contributed by atoms with van der Waals surface area (Å²) < 4.78 is 12.3. The second-order valence-corrected chi connectivity index (χ2v) is 6.76. The van der Waals surface area contributed by atoms with Crippen LogP contribution >= 0.6 is 0 Å². The van der Waals surface area contributed by atoms with Crippen LogP contribution in [-0.4, -0.2) is 40.8 Å². The molecule has 1 heterocycles. The zero-order valence-electron chi connectivity index (χ0n) is 16.5. The highest BCUT2D eigenvalue weighted by atomic mass is 16.6. The number of amides is 1. The number of nitrogens with zero attached hydrogens (tertiary/aromatic N) is 3. The molecule has 2 aromatic carbocycles. The molecule has 0 saturated heterocycles. The number of methoxy groups -OCH3 is 1. The SMILES string of the molecule is COC[C@@H](C)NC(=O)Oc1cc(-c2ccc(C)cc2)cc(-n2nncc2C)c1. The summed E-state index contributed by atoms with van der Waals surface area (Å²) in [7, 11) is 1.58. The lowest BCUT2D eigenvalue weighted by Crippen LogP contribution is -2.37. The van der Waals surface area contributed by atoms with Crippen LogP contribution in [0.1, 0.15) is 18.2 Å². The zero-order chi connectivity index (χ0) is 20.1. The third-order valence-electron chi connectivity index (χ3n) is 4.23. The number of carbonyl (C=O) groups is 1. The van der Waals surface area contributed by atoms with Gasteiger partial charge in [0.2, 0.25) is 0 Å². The summed E-state index contributed by atoms with van der Waals surface area (Å²) in [6.07, 6.45) is 1.14. The van der Waals surface area contributed by atoms with Gasteiger partial charge in [-0.3, -0.25) is 0 Å². The molecule has 3 rings (SSSR count). The summed E-state index contributed by atoms with van der Waals surface area (Å²) >= 11 is 0. The molecule has 0 saturated carbocycles. The van der Waals surface area contributed by atoms with Gasteiger partial charge >= 0.3 is 6.09 Å². The molecule has 7 heteroatoms. The maximum Gasteiger partial charge on any atom is 0.412 e. The van der Waals surface area contributed by atoms with Crippen LogP contribution in [0.2, 0.25) is 0 Å². The van der Waals surface area contributed by atoms with Gasteiger partial charge in [-0.05, 0) is 44.0 Å². The zero-order valence-corrected chi connectivity index (χ0v) is 16.5. The minimum atomic E-state index is -0.535. The first kappa shape index (κ1) is 19.6. The molecule has 0 radical (unpaired) electrons. The first-order valence-electron chi connectivity index (χ1n) is 9.03. The average Bonchev–Trinajstić information content (AvgIpc) is 3.08. The molecule has 0 fully saturated rings. The molecule has 1 aromatic heterocycles. The van der Waals surface area contributed by atoms with Crippen molar-refractivity contribution in [1.82, 2.24) is 20.3 Å². The van der Waals surface area contributed by atoms with E-state index in [9.17, 15) is 4.79 Å². The van der Waals surface area contributed by atoms with Gasteiger partial charge < -0.3 is 14.8 Å². The molecule has 28 heavy (non-hydrogen) atoms. The summed E-state index contributed by atoms with van der Waals surface area (Å²) in [4.78, 5) is 12.2. The minimum absolute atomic E-state index is 0.158. The van der Waals surface area contributed by atoms with Crippen molar-refractivity contribution in [2.75, 3.05) is 13.7 Å². The highest BCUT2D eigenvalue weighted by Gasteiger charge is 2.13. The number of hydrogen-bond donors (Lipinski definition) is 1. The summed E-state index contributed by atoms with van der Waals surface area (Å²) in [5, 5.41) is 10.8. The third kappa shape index (κ3) is 4.75. The van der Waals surface area contributed by atoms with Crippen LogP contribution in [0, 0.1) is 13.8 Å². The first-order chi connectivity index (χ1) is 13.5. The van der Waals surface area contributed by atoms with Crippen LogP contribution in [0.3, 0.4) is 0 Å². The predicted octanol–water partition coefficient (Wildman–Crippen LogP) is 3.67. The van der Waals surface area contributed by atoms with E-state index in [1.807, 2.05) is 57.2 Å². The van der Waals surface area contributed by atoms with Crippen LogP contribution in [0.5, 0.6) is 5.75 Å². The number of carbonyl (C=O) groups excluding carboxylic acids is 1. The number of nitrogens with one attached hydrogen (secondary N) is 1. The molecule has 7 nitrogen and oxygen atoms in total. The van der Waals surface area contributed by atoms with Crippen molar-refractivity contribution in [2.45, 2.75) is 26.8 Å². The van der Waals surface area contributed by atoms with E-state index in [1.165, 1.54) is 5.56 Å². The standard InChI is InChI=1S/C21H24N4O3/c1-14-5-7-17(8-6-14)18-9-19(25-16(3)12-22-24-25)11-20(10-18)28-21(26)23-15(2)13-27-4/h5-12,15H,13H2,1-4H3,(H,23,26)/t15-/m1/s1. The van der Waals surface area contributed by atoms with Crippen LogP contribution in [0.25, 0.3) is 16.8 Å². The van der Waals surface area contributed by atoms with E-state index in [-0.39, 0.29) is 6.04 Å². The van der Waals surface area contributed by atoms with Crippen LogP contribution in [-0.2, 0) is 4.74 Å². The van der Waals surface area contributed by atoms with Crippen LogP contribution in [0.15, 0.2) is 48.7 Å². The van der Waals surface area contributed by atoms with Gasteiger partial charge in [-0.25, -0.2) is 9.48 Å². The Morgan fingerprint density at radius 3 is 2.54 bits per heavy atom. The molecule has 0 aliphatic heterocycles. The third-order valence-corrected chi connectivity index (χ3v) is 4.23. The van der Waals surface area contributed by atoms with Crippen LogP contribution in [0.4, 0.5) is 4.79 Å². The fourth-order valence-electron chi connectivity index (χ4n) is 2.85. The van der Waals surface area contributed by atoms with E-state index in [0.717, 1.165) is 22.5 Å². The first-order valence-corrected chi connectivity index (χ1v) is 9.03. The Bertz CT molecular complexity index is 951. The molecule has 0 unspecified atom stereocenters. The Balaban J connectivity index is 1.94. The second-order valence-electron chi connectivity index (χ2n) is 6.76. The molecule has 0 aliphatic carbocycles. The predicted molar refractivity (Wildman–Crippen MR) is 107 cm³/mol. The fraction of sp³-hybridized carbons (Fsp3) is 0.286. The number of hydrogen-bond acceptors (Lipinski definition) is 5. The monoisotopic (exact) mass is 380 g/mol. The Hall–Kier alpha value is -3.19. The normalized spacial score (nSPS) is 11.9. The van der Waals surface area contributed by atoms with Gasteiger partial charge in [0.1, 0.15) is 5.75 Å². The quantitative estimate of drug-likeness (QED) is 0.706. The highest BCUT2D eigenvalue weighted by Crippen LogP contribution is 2.28. The number of rotatable bonds is 6. The minimum Gasteiger partial charge on any atom is -0.410 e. The van der Waals surface area contributed by atoms with Crippen LogP contribution < -0.4 is 10.1 Å².